The molecule has 0 spiro atoms. The van der Waals surface area contributed by atoms with Gasteiger partial charge in [0.2, 0.25) is 0 Å². The zero-order valence-corrected chi connectivity index (χ0v) is 6.97. The Morgan fingerprint density at radius 2 is 2.08 bits per heavy atom. The number of hydrogen-bond acceptors (Lipinski definition) is 3. The molecule has 12 heavy (non-hydrogen) atoms. The van der Waals surface area contributed by atoms with Crippen molar-refractivity contribution < 1.29 is 4.79 Å². The first-order valence-electron chi connectivity index (χ1n) is 3.95. The average molecular weight is 167 g/mol. The maximum Gasteiger partial charge on any atom is 0.254 e. The van der Waals surface area contributed by atoms with Crippen molar-refractivity contribution in [1.82, 2.24) is 10.2 Å². The molecule has 0 aliphatic carbocycles. The van der Waals surface area contributed by atoms with Gasteiger partial charge in [-0.05, 0) is 0 Å². The molecule has 4 heteroatoms. The van der Waals surface area contributed by atoms with Crippen molar-refractivity contribution in [3.8, 4) is 0 Å². The molecule has 1 aliphatic rings. The molecule has 66 valence electrons. The number of amides is 1. The molecule has 0 atom stereocenters. The van der Waals surface area contributed by atoms with Gasteiger partial charge in [0.25, 0.3) is 5.91 Å². The Bertz CT molecular complexity index is 206. The molecule has 1 aliphatic heterocycles. The Kier molecular flexibility index (Phi) is 2.99. The SMILES string of the molecule is C=C(C=N)C(=O)N1CCNCC1. The van der Waals surface area contributed by atoms with E-state index >= 15 is 0 Å². The molecule has 0 saturated carbocycles. The summed E-state index contributed by atoms with van der Waals surface area (Å²) in [6.45, 7) is 6.58. The highest BCUT2D eigenvalue weighted by Crippen LogP contribution is 1.98. The summed E-state index contributed by atoms with van der Waals surface area (Å²) in [5.74, 6) is -0.119. The summed E-state index contributed by atoms with van der Waals surface area (Å²) in [4.78, 5) is 13.1. The van der Waals surface area contributed by atoms with E-state index in [1.807, 2.05) is 0 Å². The van der Waals surface area contributed by atoms with E-state index in [2.05, 4.69) is 11.9 Å². The van der Waals surface area contributed by atoms with Crippen molar-refractivity contribution in [1.29, 1.82) is 5.41 Å². The van der Waals surface area contributed by atoms with Crippen LogP contribution in [0.5, 0.6) is 0 Å². The number of nitrogens with one attached hydrogen (secondary N) is 2. The average Bonchev–Trinajstić information content (AvgIpc) is 2.17. The molecule has 0 radical (unpaired) electrons. The van der Waals surface area contributed by atoms with Gasteiger partial charge in [-0.25, -0.2) is 0 Å². The van der Waals surface area contributed by atoms with E-state index in [1.165, 1.54) is 0 Å². The highest BCUT2D eigenvalue weighted by molar-refractivity contribution is 6.10. The normalized spacial score (nSPS) is 17.2. The predicted octanol–water partition coefficient (Wildman–Crippen LogP) is -0.376. The highest BCUT2D eigenvalue weighted by Gasteiger charge is 2.16. The lowest BCUT2D eigenvalue weighted by atomic mass is 10.2. The van der Waals surface area contributed by atoms with Gasteiger partial charge < -0.3 is 15.6 Å². The predicted molar refractivity (Wildman–Crippen MR) is 47.4 cm³/mol. The van der Waals surface area contributed by atoms with E-state index in [-0.39, 0.29) is 11.5 Å². The first-order valence-corrected chi connectivity index (χ1v) is 3.95. The summed E-state index contributed by atoms with van der Waals surface area (Å²) >= 11 is 0. The largest absolute Gasteiger partial charge is 0.336 e. The smallest absolute Gasteiger partial charge is 0.254 e. The van der Waals surface area contributed by atoms with Crippen LogP contribution >= 0.6 is 0 Å². The number of carbonyl (C=O) groups excluding carboxylic acids is 1. The minimum atomic E-state index is -0.119. The monoisotopic (exact) mass is 167 g/mol. The Labute approximate surface area is 71.8 Å². The summed E-state index contributed by atoms with van der Waals surface area (Å²) in [5, 5.41) is 10.0. The molecular weight excluding hydrogens is 154 g/mol. The summed E-state index contributed by atoms with van der Waals surface area (Å²) in [6, 6.07) is 0. The molecule has 0 aromatic rings. The number of rotatable bonds is 2. The number of hydrogen-bond donors (Lipinski definition) is 2. The van der Waals surface area contributed by atoms with Crippen molar-refractivity contribution in [3.63, 3.8) is 0 Å². The summed E-state index contributed by atoms with van der Waals surface area (Å²) in [7, 11) is 0. The van der Waals surface area contributed by atoms with Crippen LogP contribution in [0.4, 0.5) is 0 Å². The third kappa shape index (κ3) is 1.92. The molecule has 1 heterocycles. The van der Waals surface area contributed by atoms with Crippen LogP contribution < -0.4 is 5.32 Å². The lowest BCUT2D eigenvalue weighted by Gasteiger charge is -2.27. The molecule has 0 unspecified atom stereocenters. The highest BCUT2D eigenvalue weighted by atomic mass is 16.2. The molecule has 1 amide bonds. The first-order chi connectivity index (χ1) is 5.75. The second kappa shape index (κ2) is 4.01. The number of carbonyl (C=O) groups is 1. The fraction of sp³-hybridized carbons (Fsp3) is 0.500. The van der Waals surface area contributed by atoms with E-state index < -0.39 is 0 Å². The van der Waals surface area contributed by atoms with Crippen molar-refractivity contribution in [3.05, 3.63) is 12.2 Å². The number of piperazine rings is 1. The van der Waals surface area contributed by atoms with E-state index in [0.717, 1.165) is 19.3 Å². The summed E-state index contributed by atoms with van der Waals surface area (Å²) in [5.41, 5.74) is 0.261. The van der Waals surface area contributed by atoms with Crippen molar-refractivity contribution in [2.75, 3.05) is 26.2 Å². The quantitative estimate of drug-likeness (QED) is 0.435. The molecule has 1 rings (SSSR count). The van der Waals surface area contributed by atoms with Gasteiger partial charge in [0.1, 0.15) is 0 Å². The third-order valence-electron chi connectivity index (χ3n) is 1.85. The Morgan fingerprint density at radius 1 is 1.50 bits per heavy atom. The van der Waals surface area contributed by atoms with Crippen molar-refractivity contribution in [2.45, 2.75) is 0 Å². The fourth-order valence-corrected chi connectivity index (χ4v) is 1.13. The van der Waals surface area contributed by atoms with Crippen LogP contribution in [0.1, 0.15) is 0 Å². The van der Waals surface area contributed by atoms with Crippen LogP contribution in [0, 0.1) is 5.41 Å². The Balaban J connectivity index is 2.50. The van der Waals surface area contributed by atoms with E-state index in [1.54, 1.807) is 4.90 Å². The van der Waals surface area contributed by atoms with Gasteiger partial charge in [-0.2, -0.15) is 0 Å². The summed E-state index contributed by atoms with van der Waals surface area (Å²) < 4.78 is 0. The fourth-order valence-electron chi connectivity index (χ4n) is 1.13. The van der Waals surface area contributed by atoms with Gasteiger partial charge in [-0.3, -0.25) is 4.79 Å². The minimum absolute atomic E-state index is 0.119. The zero-order chi connectivity index (χ0) is 8.97. The third-order valence-corrected chi connectivity index (χ3v) is 1.85. The van der Waals surface area contributed by atoms with E-state index in [0.29, 0.717) is 13.1 Å². The van der Waals surface area contributed by atoms with Gasteiger partial charge in [0.15, 0.2) is 0 Å². The Morgan fingerprint density at radius 3 is 2.58 bits per heavy atom. The second-order valence-corrected chi connectivity index (χ2v) is 2.71. The lowest BCUT2D eigenvalue weighted by molar-refractivity contribution is -0.127. The van der Waals surface area contributed by atoms with Crippen LogP contribution in [0.2, 0.25) is 0 Å². The van der Waals surface area contributed by atoms with Crippen LogP contribution in [0.25, 0.3) is 0 Å². The van der Waals surface area contributed by atoms with Crippen LogP contribution in [0.3, 0.4) is 0 Å². The maximum absolute atomic E-state index is 11.4. The van der Waals surface area contributed by atoms with Gasteiger partial charge in [0, 0.05) is 38.0 Å². The van der Waals surface area contributed by atoms with Crippen LogP contribution in [-0.2, 0) is 4.79 Å². The first kappa shape index (κ1) is 8.93. The molecular formula is C8H13N3O. The van der Waals surface area contributed by atoms with Gasteiger partial charge in [0.05, 0.1) is 0 Å². The Hall–Kier alpha value is -1.16. The lowest BCUT2D eigenvalue weighted by Crippen LogP contribution is -2.46. The molecule has 0 bridgehead atoms. The molecule has 0 aromatic carbocycles. The van der Waals surface area contributed by atoms with E-state index in [4.69, 9.17) is 5.41 Å². The minimum Gasteiger partial charge on any atom is -0.336 e. The van der Waals surface area contributed by atoms with Gasteiger partial charge in [-0.1, -0.05) is 6.58 Å². The molecule has 0 aromatic heterocycles. The number of nitrogens with zero attached hydrogens (tertiary/aromatic N) is 1. The van der Waals surface area contributed by atoms with Crippen molar-refractivity contribution >= 4 is 12.1 Å². The molecule has 1 saturated heterocycles. The molecule has 2 N–H and O–H groups in total. The topological polar surface area (TPSA) is 56.2 Å². The second-order valence-electron chi connectivity index (χ2n) is 2.71. The standard InChI is InChI=1S/C8H13N3O/c1-7(6-9)8(12)11-4-2-10-3-5-11/h6,9-10H,1-5H2. The maximum atomic E-state index is 11.4. The van der Waals surface area contributed by atoms with Gasteiger partial charge in [-0.15, -0.1) is 0 Å². The van der Waals surface area contributed by atoms with Crippen LogP contribution in [0.15, 0.2) is 12.2 Å². The summed E-state index contributed by atoms with van der Waals surface area (Å²) in [6.07, 6.45) is 1.00. The van der Waals surface area contributed by atoms with Crippen molar-refractivity contribution in [2.24, 2.45) is 0 Å². The van der Waals surface area contributed by atoms with Crippen LogP contribution in [-0.4, -0.2) is 43.2 Å². The van der Waals surface area contributed by atoms with Gasteiger partial charge >= 0.3 is 0 Å². The molecule has 1 fully saturated rings. The molecule has 4 nitrogen and oxygen atoms in total. The zero-order valence-electron chi connectivity index (χ0n) is 6.97. The van der Waals surface area contributed by atoms with E-state index in [9.17, 15) is 4.79 Å².